The van der Waals surface area contributed by atoms with E-state index in [0.717, 1.165) is 5.56 Å². The van der Waals surface area contributed by atoms with E-state index < -0.39 is 31.0 Å². The van der Waals surface area contributed by atoms with Crippen LogP contribution in [-0.2, 0) is 26.2 Å². The first kappa shape index (κ1) is 18.1. The van der Waals surface area contributed by atoms with Crippen LogP contribution in [-0.4, -0.2) is 51.6 Å². The quantitative estimate of drug-likeness (QED) is 0.792. The Morgan fingerprint density at radius 2 is 1.52 bits per heavy atom. The maximum Gasteiger partial charge on any atom is 0.183 e. The standard InChI is InChI=1S/C18H21NO4S2/c1-19(12-15-8-4-2-5-9-15)17-13-24(20,21)14-18(17)25(22,23)16-10-6-3-7-11-16/h2-11,17-18H,12-14H2,1H3/t17-,18-/m0/s1. The number of hydrogen-bond acceptors (Lipinski definition) is 5. The monoisotopic (exact) mass is 379 g/mol. The maximum atomic E-state index is 13.0. The largest absolute Gasteiger partial charge is 0.297 e. The zero-order valence-electron chi connectivity index (χ0n) is 13.9. The van der Waals surface area contributed by atoms with E-state index in [0.29, 0.717) is 6.54 Å². The zero-order chi connectivity index (χ0) is 18.1. The van der Waals surface area contributed by atoms with Gasteiger partial charge in [0.15, 0.2) is 19.7 Å². The van der Waals surface area contributed by atoms with Crippen LogP contribution in [0.3, 0.4) is 0 Å². The Balaban J connectivity index is 1.91. The van der Waals surface area contributed by atoms with Crippen LogP contribution >= 0.6 is 0 Å². The second-order valence-electron chi connectivity index (χ2n) is 6.44. The Labute approximate surface area is 149 Å². The van der Waals surface area contributed by atoms with E-state index >= 15 is 0 Å². The molecular formula is C18H21NO4S2. The number of hydrogen-bond donors (Lipinski definition) is 0. The van der Waals surface area contributed by atoms with Crippen molar-refractivity contribution in [2.45, 2.75) is 22.7 Å². The molecule has 1 aliphatic heterocycles. The first-order chi connectivity index (χ1) is 11.8. The predicted octanol–water partition coefficient (Wildman–Crippen LogP) is 1.76. The molecule has 1 aliphatic rings. The summed E-state index contributed by atoms with van der Waals surface area (Å²) < 4.78 is 50.4. The fraction of sp³-hybridized carbons (Fsp3) is 0.333. The lowest BCUT2D eigenvalue weighted by atomic mass is 10.1. The van der Waals surface area contributed by atoms with Crippen LogP contribution in [0.15, 0.2) is 65.6 Å². The summed E-state index contributed by atoms with van der Waals surface area (Å²) in [5.74, 6) is -0.457. The highest BCUT2D eigenvalue weighted by molar-refractivity contribution is 7.96. The second-order valence-corrected chi connectivity index (χ2v) is 10.8. The van der Waals surface area contributed by atoms with Gasteiger partial charge in [-0.2, -0.15) is 0 Å². The molecule has 0 bridgehead atoms. The molecule has 0 spiro atoms. The van der Waals surface area contributed by atoms with Crippen molar-refractivity contribution in [2.75, 3.05) is 18.6 Å². The van der Waals surface area contributed by atoms with Gasteiger partial charge in [0.1, 0.15) is 0 Å². The smallest absolute Gasteiger partial charge is 0.183 e. The zero-order valence-corrected chi connectivity index (χ0v) is 15.6. The number of benzene rings is 2. The summed E-state index contributed by atoms with van der Waals surface area (Å²) in [7, 11) is -5.33. The Bertz CT molecular complexity index is 926. The fourth-order valence-corrected chi connectivity index (χ4v) is 8.21. The van der Waals surface area contributed by atoms with Crippen LogP contribution in [0.1, 0.15) is 5.56 Å². The molecule has 0 N–H and O–H groups in total. The summed E-state index contributed by atoms with van der Waals surface area (Å²) in [4.78, 5) is 2.01. The van der Waals surface area contributed by atoms with Gasteiger partial charge in [-0.1, -0.05) is 48.5 Å². The molecule has 0 aromatic heterocycles. The van der Waals surface area contributed by atoms with Crippen molar-refractivity contribution in [3.05, 3.63) is 66.2 Å². The van der Waals surface area contributed by atoms with Crippen LogP contribution in [0.4, 0.5) is 0 Å². The van der Waals surface area contributed by atoms with E-state index in [4.69, 9.17) is 0 Å². The Morgan fingerprint density at radius 1 is 0.960 bits per heavy atom. The summed E-state index contributed by atoms with van der Waals surface area (Å²) in [6.45, 7) is 0.502. The van der Waals surface area contributed by atoms with Crippen molar-refractivity contribution in [3.63, 3.8) is 0 Å². The van der Waals surface area contributed by atoms with Gasteiger partial charge < -0.3 is 0 Å². The van der Waals surface area contributed by atoms with E-state index in [9.17, 15) is 16.8 Å². The van der Waals surface area contributed by atoms with E-state index in [1.54, 1.807) is 25.2 Å². The Morgan fingerprint density at radius 3 is 2.12 bits per heavy atom. The van der Waals surface area contributed by atoms with Crippen LogP contribution < -0.4 is 0 Å². The van der Waals surface area contributed by atoms with Gasteiger partial charge in [0.2, 0.25) is 0 Å². The first-order valence-corrected chi connectivity index (χ1v) is 11.4. The van der Waals surface area contributed by atoms with Gasteiger partial charge >= 0.3 is 0 Å². The molecule has 0 saturated carbocycles. The highest BCUT2D eigenvalue weighted by Gasteiger charge is 2.47. The van der Waals surface area contributed by atoms with Crippen molar-refractivity contribution < 1.29 is 16.8 Å². The maximum absolute atomic E-state index is 13.0. The Hall–Kier alpha value is -1.70. The molecule has 0 unspecified atom stereocenters. The average Bonchev–Trinajstić information content (AvgIpc) is 2.93. The number of sulfone groups is 2. The molecule has 5 nitrogen and oxygen atoms in total. The van der Waals surface area contributed by atoms with Crippen LogP contribution in [0.2, 0.25) is 0 Å². The van der Waals surface area contributed by atoms with Crippen molar-refractivity contribution >= 4 is 19.7 Å². The molecule has 134 valence electrons. The lowest BCUT2D eigenvalue weighted by Crippen LogP contribution is -2.44. The highest BCUT2D eigenvalue weighted by atomic mass is 32.2. The molecule has 25 heavy (non-hydrogen) atoms. The highest BCUT2D eigenvalue weighted by Crippen LogP contribution is 2.29. The minimum absolute atomic E-state index is 0.132. The molecule has 7 heteroatoms. The molecule has 2 atom stereocenters. The summed E-state index contributed by atoms with van der Waals surface area (Å²) in [5, 5.41) is -0.950. The molecule has 1 heterocycles. The summed E-state index contributed by atoms with van der Waals surface area (Å²) in [5.41, 5.74) is 1.02. The minimum atomic E-state index is -3.72. The van der Waals surface area contributed by atoms with E-state index in [1.807, 2.05) is 35.2 Å². The second kappa shape index (κ2) is 6.90. The third kappa shape index (κ3) is 3.94. The van der Waals surface area contributed by atoms with Gasteiger partial charge in [-0.15, -0.1) is 0 Å². The molecular weight excluding hydrogens is 358 g/mol. The molecule has 2 aromatic rings. The van der Waals surface area contributed by atoms with Gasteiger partial charge in [-0.3, -0.25) is 4.90 Å². The van der Waals surface area contributed by atoms with Crippen LogP contribution in [0.5, 0.6) is 0 Å². The molecule has 1 saturated heterocycles. The predicted molar refractivity (Wildman–Crippen MR) is 97.8 cm³/mol. The van der Waals surface area contributed by atoms with Crippen molar-refractivity contribution in [1.82, 2.24) is 4.90 Å². The fourth-order valence-electron chi connectivity index (χ4n) is 3.28. The van der Waals surface area contributed by atoms with Crippen molar-refractivity contribution in [1.29, 1.82) is 0 Å². The molecule has 2 aromatic carbocycles. The lowest BCUT2D eigenvalue weighted by Gasteiger charge is -2.28. The summed E-state index contributed by atoms with van der Waals surface area (Å²) in [6, 6.07) is 17.1. The van der Waals surface area contributed by atoms with Crippen LogP contribution in [0.25, 0.3) is 0 Å². The molecule has 1 fully saturated rings. The Kier molecular flexibility index (Phi) is 4.99. The molecule has 3 rings (SSSR count). The first-order valence-electron chi connectivity index (χ1n) is 8.03. The number of rotatable bonds is 5. The molecule has 0 aliphatic carbocycles. The normalized spacial score (nSPS) is 23.0. The summed E-state index contributed by atoms with van der Waals surface area (Å²) in [6.07, 6.45) is 0. The van der Waals surface area contributed by atoms with Gasteiger partial charge in [0.05, 0.1) is 21.7 Å². The van der Waals surface area contributed by atoms with Crippen LogP contribution in [0, 0.1) is 0 Å². The van der Waals surface area contributed by atoms with Gasteiger partial charge in [-0.25, -0.2) is 16.8 Å². The molecule has 0 radical (unpaired) electrons. The summed E-state index contributed by atoms with van der Waals surface area (Å²) >= 11 is 0. The van der Waals surface area contributed by atoms with Crippen molar-refractivity contribution in [2.24, 2.45) is 0 Å². The van der Waals surface area contributed by atoms with Crippen molar-refractivity contribution in [3.8, 4) is 0 Å². The third-order valence-corrected chi connectivity index (χ3v) is 8.72. The minimum Gasteiger partial charge on any atom is -0.297 e. The average molecular weight is 380 g/mol. The third-order valence-electron chi connectivity index (χ3n) is 4.58. The lowest BCUT2D eigenvalue weighted by molar-refractivity contribution is 0.255. The van der Waals surface area contributed by atoms with E-state index in [1.165, 1.54) is 12.1 Å². The van der Waals surface area contributed by atoms with Gasteiger partial charge in [0.25, 0.3) is 0 Å². The van der Waals surface area contributed by atoms with E-state index in [-0.39, 0.29) is 16.4 Å². The molecule has 0 amide bonds. The SMILES string of the molecule is CN(Cc1ccccc1)[C@H]1CS(=O)(=O)C[C@@H]1S(=O)(=O)c1ccccc1. The number of nitrogens with zero attached hydrogens (tertiary/aromatic N) is 1. The van der Waals surface area contributed by atoms with Gasteiger partial charge in [0, 0.05) is 12.6 Å². The van der Waals surface area contributed by atoms with E-state index in [2.05, 4.69) is 0 Å². The van der Waals surface area contributed by atoms with Gasteiger partial charge in [-0.05, 0) is 24.7 Å². The topological polar surface area (TPSA) is 71.5 Å².